The van der Waals surface area contributed by atoms with Crippen molar-refractivity contribution in [1.29, 1.82) is 0 Å². The van der Waals surface area contributed by atoms with Crippen LogP contribution in [-0.2, 0) is 9.84 Å². The number of ether oxygens (including phenoxy) is 2. The maximum Gasteiger partial charge on any atom is 0.272 e. The fraction of sp³-hybridized carbons (Fsp3) is 0.440. The lowest BCUT2D eigenvalue weighted by atomic mass is 10.0. The molecule has 1 unspecified atom stereocenters. The number of nitrogens with zero attached hydrogens (tertiary/aromatic N) is 1. The Morgan fingerprint density at radius 1 is 1.09 bits per heavy atom. The zero-order valence-corrected chi connectivity index (χ0v) is 21.5. The van der Waals surface area contributed by atoms with Crippen LogP contribution in [0, 0.1) is 20.8 Å². The van der Waals surface area contributed by atoms with E-state index in [1.807, 2.05) is 40.7 Å². The summed E-state index contributed by atoms with van der Waals surface area (Å²) in [5.74, 6) is -0.226. The molecule has 34 heavy (non-hydrogen) atoms. The lowest BCUT2D eigenvalue weighted by Gasteiger charge is -2.36. The quantitative estimate of drug-likeness (QED) is 0.662. The van der Waals surface area contributed by atoms with Gasteiger partial charge in [0.25, 0.3) is 11.8 Å². The molecule has 0 saturated carbocycles. The Labute approximate surface area is 201 Å². The molecule has 1 aliphatic heterocycles. The molecule has 1 N–H and O–H groups in total. The average molecular weight is 489 g/mol. The van der Waals surface area contributed by atoms with Crippen LogP contribution in [0.2, 0.25) is 0 Å². The molecule has 0 aliphatic carbocycles. The molecule has 1 aliphatic rings. The second kappa shape index (κ2) is 9.29. The number of fused-ring (bicyclic) bond motifs is 1. The first-order chi connectivity index (χ1) is 15.7. The predicted molar refractivity (Wildman–Crippen MR) is 130 cm³/mol. The van der Waals surface area contributed by atoms with E-state index in [4.69, 9.17) is 9.47 Å². The predicted octanol–water partition coefficient (Wildman–Crippen LogP) is 3.38. The molecule has 1 atom stereocenters. The van der Waals surface area contributed by atoms with Gasteiger partial charge in [0.2, 0.25) is 0 Å². The van der Waals surface area contributed by atoms with E-state index in [9.17, 15) is 18.0 Å². The Morgan fingerprint density at radius 3 is 2.26 bits per heavy atom. The minimum absolute atomic E-state index is 0.104. The minimum Gasteiger partial charge on any atom is -0.486 e. The van der Waals surface area contributed by atoms with Crippen LogP contribution < -0.4 is 14.9 Å². The summed E-state index contributed by atoms with van der Waals surface area (Å²) in [6.45, 7) is 11.1. The number of benzene rings is 2. The van der Waals surface area contributed by atoms with Gasteiger partial charge in [0.1, 0.15) is 12.7 Å². The van der Waals surface area contributed by atoms with Gasteiger partial charge in [-0.05, 0) is 65.8 Å². The number of hydrogen-bond acceptors (Lipinski definition) is 6. The smallest absolute Gasteiger partial charge is 0.272 e. The van der Waals surface area contributed by atoms with E-state index in [1.165, 1.54) is 5.01 Å². The number of carbonyl (C=O) groups excluding carboxylic acids is 2. The zero-order valence-electron chi connectivity index (χ0n) is 20.7. The van der Waals surface area contributed by atoms with Crippen LogP contribution in [0.3, 0.4) is 0 Å². The SMILES string of the molecule is Cc1cc(C)cc(C(=O)N(NC(=O)c2ccc3c(c2C)OC(CS(C)(=O)=O)CO3)C(C)(C)C)c1. The maximum absolute atomic E-state index is 13.4. The van der Waals surface area contributed by atoms with Crippen molar-refractivity contribution in [3.05, 3.63) is 58.1 Å². The summed E-state index contributed by atoms with van der Waals surface area (Å²) in [6, 6.07) is 8.77. The highest BCUT2D eigenvalue weighted by Crippen LogP contribution is 2.37. The van der Waals surface area contributed by atoms with Crippen molar-refractivity contribution in [3.63, 3.8) is 0 Å². The van der Waals surface area contributed by atoms with E-state index in [-0.39, 0.29) is 18.3 Å². The highest BCUT2D eigenvalue weighted by atomic mass is 32.2. The first-order valence-corrected chi connectivity index (χ1v) is 13.1. The van der Waals surface area contributed by atoms with Crippen LogP contribution in [0.5, 0.6) is 11.5 Å². The number of rotatable bonds is 4. The molecule has 3 rings (SSSR count). The normalized spacial score (nSPS) is 15.6. The topological polar surface area (TPSA) is 102 Å². The number of aryl methyl sites for hydroxylation is 2. The average Bonchev–Trinajstić information content (AvgIpc) is 2.69. The summed E-state index contributed by atoms with van der Waals surface area (Å²) >= 11 is 0. The second-order valence-electron chi connectivity index (χ2n) is 9.84. The van der Waals surface area contributed by atoms with E-state index in [2.05, 4.69) is 5.43 Å². The summed E-state index contributed by atoms with van der Waals surface area (Å²) in [7, 11) is -3.27. The van der Waals surface area contributed by atoms with E-state index >= 15 is 0 Å². The maximum atomic E-state index is 13.4. The van der Waals surface area contributed by atoms with Gasteiger partial charge < -0.3 is 9.47 Å². The molecule has 184 valence electrons. The van der Waals surface area contributed by atoms with Crippen molar-refractivity contribution in [2.24, 2.45) is 0 Å². The highest BCUT2D eigenvalue weighted by Gasteiger charge is 2.32. The Kier molecular flexibility index (Phi) is 6.98. The molecular formula is C25H32N2O6S. The van der Waals surface area contributed by atoms with Gasteiger partial charge in [-0.2, -0.15) is 0 Å². The summed E-state index contributed by atoms with van der Waals surface area (Å²) in [5, 5.41) is 1.33. The van der Waals surface area contributed by atoms with Crippen LogP contribution in [0.1, 0.15) is 58.2 Å². The number of hydrazine groups is 1. The van der Waals surface area contributed by atoms with Gasteiger partial charge in [0, 0.05) is 22.9 Å². The van der Waals surface area contributed by atoms with Crippen molar-refractivity contribution >= 4 is 21.7 Å². The largest absolute Gasteiger partial charge is 0.486 e. The van der Waals surface area contributed by atoms with Gasteiger partial charge in [0.15, 0.2) is 21.3 Å². The van der Waals surface area contributed by atoms with Crippen molar-refractivity contribution in [3.8, 4) is 11.5 Å². The first-order valence-electron chi connectivity index (χ1n) is 11.0. The molecule has 2 aromatic rings. The molecule has 2 aromatic carbocycles. The van der Waals surface area contributed by atoms with Gasteiger partial charge in [0.05, 0.1) is 11.3 Å². The third kappa shape index (κ3) is 5.88. The first kappa shape index (κ1) is 25.6. The Hall–Kier alpha value is -3.07. The summed E-state index contributed by atoms with van der Waals surface area (Å²) < 4.78 is 34.9. The van der Waals surface area contributed by atoms with E-state index in [1.54, 1.807) is 31.2 Å². The second-order valence-corrected chi connectivity index (χ2v) is 12.0. The van der Waals surface area contributed by atoms with Gasteiger partial charge in [-0.3, -0.25) is 15.0 Å². The number of amides is 2. The lowest BCUT2D eigenvalue weighted by Crippen LogP contribution is -2.56. The van der Waals surface area contributed by atoms with Crippen molar-refractivity contribution < 1.29 is 27.5 Å². The third-order valence-electron chi connectivity index (χ3n) is 5.37. The fourth-order valence-electron chi connectivity index (χ4n) is 3.89. The molecule has 0 bridgehead atoms. The summed E-state index contributed by atoms with van der Waals surface area (Å²) in [4.78, 5) is 26.7. The van der Waals surface area contributed by atoms with Gasteiger partial charge in [-0.1, -0.05) is 17.2 Å². The molecule has 0 saturated heterocycles. The third-order valence-corrected chi connectivity index (χ3v) is 6.35. The standard InChI is InChI=1S/C25H32N2O6S/c1-15-10-16(2)12-18(11-15)24(29)27(25(4,5)6)26-23(28)20-8-9-21-22(17(20)3)33-19(13-32-21)14-34(7,30)31/h8-12,19H,13-14H2,1-7H3,(H,26,28). The van der Waals surface area contributed by atoms with Crippen molar-refractivity contribution in [2.75, 3.05) is 18.6 Å². The van der Waals surface area contributed by atoms with Crippen LogP contribution in [0.25, 0.3) is 0 Å². The molecule has 0 fully saturated rings. The molecule has 0 spiro atoms. The summed E-state index contributed by atoms with van der Waals surface area (Å²) in [6.07, 6.45) is 0.466. The molecular weight excluding hydrogens is 456 g/mol. The molecule has 0 aromatic heterocycles. The van der Waals surface area contributed by atoms with Gasteiger partial charge in [-0.25, -0.2) is 13.4 Å². The van der Waals surface area contributed by atoms with E-state index in [0.717, 1.165) is 17.4 Å². The monoisotopic (exact) mass is 488 g/mol. The number of carbonyl (C=O) groups is 2. The number of sulfone groups is 1. The number of hydrogen-bond donors (Lipinski definition) is 1. The van der Waals surface area contributed by atoms with Gasteiger partial charge in [-0.15, -0.1) is 0 Å². The molecule has 8 nitrogen and oxygen atoms in total. The van der Waals surface area contributed by atoms with E-state index in [0.29, 0.717) is 28.2 Å². The molecule has 9 heteroatoms. The Bertz CT molecular complexity index is 1210. The van der Waals surface area contributed by atoms with E-state index < -0.39 is 27.4 Å². The van der Waals surface area contributed by atoms with Crippen molar-refractivity contribution in [2.45, 2.75) is 53.2 Å². The molecule has 1 heterocycles. The van der Waals surface area contributed by atoms with Crippen LogP contribution in [0.15, 0.2) is 30.3 Å². The minimum atomic E-state index is -3.27. The van der Waals surface area contributed by atoms with Gasteiger partial charge >= 0.3 is 0 Å². The summed E-state index contributed by atoms with van der Waals surface area (Å²) in [5.41, 5.74) is 5.24. The zero-order chi connectivity index (χ0) is 25.4. The molecule has 2 amide bonds. The molecule has 0 radical (unpaired) electrons. The van der Waals surface area contributed by atoms with Crippen LogP contribution in [0.4, 0.5) is 0 Å². The highest BCUT2D eigenvalue weighted by molar-refractivity contribution is 7.90. The Morgan fingerprint density at radius 2 is 1.71 bits per heavy atom. The van der Waals surface area contributed by atoms with Crippen LogP contribution >= 0.6 is 0 Å². The fourth-order valence-corrected chi connectivity index (χ4v) is 4.73. The lowest BCUT2D eigenvalue weighted by molar-refractivity contribution is 0.0357. The van der Waals surface area contributed by atoms with Crippen molar-refractivity contribution in [1.82, 2.24) is 10.4 Å². The Balaban J connectivity index is 1.89. The number of nitrogens with one attached hydrogen (secondary N) is 1. The van der Waals surface area contributed by atoms with Crippen LogP contribution in [-0.4, -0.2) is 55.5 Å².